The molecule has 0 unspecified atom stereocenters. The highest BCUT2D eigenvalue weighted by molar-refractivity contribution is 5.94. The lowest BCUT2D eigenvalue weighted by Gasteiger charge is -2.02. The minimum Gasteiger partial charge on any atom is -0.330 e. The summed E-state index contributed by atoms with van der Waals surface area (Å²) in [5, 5.41) is 9.55. The zero-order chi connectivity index (χ0) is 12.4. The summed E-state index contributed by atoms with van der Waals surface area (Å²) in [6.07, 6.45) is 0.720. The number of nitrogens with two attached hydrogens (primary N) is 1. The fourth-order valence-electron chi connectivity index (χ4n) is 2.08. The van der Waals surface area contributed by atoms with Crippen LogP contribution in [0.15, 0.2) is 42.5 Å². The summed E-state index contributed by atoms with van der Waals surface area (Å²) >= 11 is 0. The topological polar surface area (TPSA) is 67.6 Å². The van der Waals surface area contributed by atoms with Gasteiger partial charge >= 0.3 is 0 Å². The normalized spacial score (nSPS) is 10.9. The molecule has 0 bridgehead atoms. The highest BCUT2D eigenvalue weighted by atomic mass is 15.2. The van der Waals surface area contributed by atoms with Gasteiger partial charge in [0, 0.05) is 12.0 Å². The molecule has 0 saturated carbocycles. The zero-order valence-electron chi connectivity index (χ0n) is 9.93. The van der Waals surface area contributed by atoms with Gasteiger partial charge < -0.3 is 5.73 Å². The van der Waals surface area contributed by atoms with E-state index in [0.717, 1.165) is 23.6 Å². The van der Waals surface area contributed by atoms with E-state index in [4.69, 9.17) is 5.73 Å². The number of nitrogens with one attached hydrogen (secondary N) is 1. The van der Waals surface area contributed by atoms with Gasteiger partial charge in [0.1, 0.15) is 5.82 Å². The number of hydrogen-bond acceptors (Lipinski definition) is 3. The monoisotopic (exact) mass is 238 g/mol. The molecule has 3 rings (SSSR count). The molecule has 18 heavy (non-hydrogen) atoms. The van der Waals surface area contributed by atoms with E-state index >= 15 is 0 Å². The van der Waals surface area contributed by atoms with E-state index in [1.165, 1.54) is 10.8 Å². The molecule has 0 aliphatic heterocycles. The second-order valence-electron chi connectivity index (χ2n) is 4.17. The lowest BCUT2D eigenvalue weighted by Crippen LogP contribution is -2.03. The minimum absolute atomic E-state index is 0.574. The molecule has 0 radical (unpaired) electrons. The van der Waals surface area contributed by atoms with E-state index in [0.29, 0.717) is 6.54 Å². The van der Waals surface area contributed by atoms with Crippen LogP contribution in [0.1, 0.15) is 5.82 Å². The number of benzene rings is 2. The molecule has 0 spiro atoms. The SMILES string of the molecule is NCCc1nc(-c2cccc3ccccc23)n[nH]1. The summed E-state index contributed by atoms with van der Waals surface area (Å²) in [5.41, 5.74) is 6.56. The van der Waals surface area contributed by atoms with Gasteiger partial charge in [-0.25, -0.2) is 4.98 Å². The number of hydrogen-bond donors (Lipinski definition) is 2. The van der Waals surface area contributed by atoms with Crippen LogP contribution in [0, 0.1) is 0 Å². The predicted octanol–water partition coefficient (Wildman–Crippen LogP) is 2.13. The van der Waals surface area contributed by atoms with Crippen molar-refractivity contribution in [1.82, 2.24) is 15.2 Å². The van der Waals surface area contributed by atoms with E-state index in [1.807, 2.05) is 24.3 Å². The number of fused-ring (bicyclic) bond motifs is 1. The van der Waals surface area contributed by atoms with E-state index in [9.17, 15) is 0 Å². The van der Waals surface area contributed by atoms with Crippen LogP contribution in [0.2, 0.25) is 0 Å². The maximum absolute atomic E-state index is 5.51. The van der Waals surface area contributed by atoms with Crippen molar-refractivity contribution < 1.29 is 0 Å². The molecule has 4 nitrogen and oxygen atoms in total. The van der Waals surface area contributed by atoms with Crippen LogP contribution in [0.3, 0.4) is 0 Å². The fourth-order valence-corrected chi connectivity index (χ4v) is 2.08. The second kappa shape index (κ2) is 4.58. The lowest BCUT2D eigenvalue weighted by molar-refractivity contribution is 0.874. The van der Waals surface area contributed by atoms with Gasteiger partial charge in [-0.05, 0) is 17.3 Å². The van der Waals surface area contributed by atoms with E-state index in [1.54, 1.807) is 0 Å². The van der Waals surface area contributed by atoms with Gasteiger partial charge in [-0.3, -0.25) is 5.10 Å². The molecule has 1 heterocycles. The van der Waals surface area contributed by atoms with Crippen molar-refractivity contribution in [2.24, 2.45) is 5.73 Å². The van der Waals surface area contributed by atoms with Crippen LogP contribution in [0.5, 0.6) is 0 Å². The summed E-state index contributed by atoms with van der Waals surface area (Å²) in [7, 11) is 0. The predicted molar refractivity (Wildman–Crippen MR) is 72.1 cm³/mol. The zero-order valence-corrected chi connectivity index (χ0v) is 9.93. The Balaban J connectivity index is 2.12. The Labute approximate surface area is 105 Å². The van der Waals surface area contributed by atoms with E-state index < -0.39 is 0 Å². The number of aromatic nitrogens is 3. The Bertz CT molecular complexity index is 667. The maximum atomic E-state index is 5.51. The molecule has 0 aliphatic rings. The Kier molecular flexibility index (Phi) is 2.78. The molecule has 3 N–H and O–H groups in total. The van der Waals surface area contributed by atoms with Crippen LogP contribution in [-0.2, 0) is 6.42 Å². The summed E-state index contributed by atoms with van der Waals surface area (Å²) < 4.78 is 0. The number of rotatable bonds is 3. The van der Waals surface area contributed by atoms with Crippen LogP contribution in [0.4, 0.5) is 0 Å². The third-order valence-electron chi connectivity index (χ3n) is 2.94. The molecule has 0 amide bonds. The molecule has 0 saturated heterocycles. The molecule has 1 aromatic heterocycles. The minimum atomic E-state index is 0.574. The van der Waals surface area contributed by atoms with E-state index in [-0.39, 0.29) is 0 Å². The van der Waals surface area contributed by atoms with Crippen molar-refractivity contribution in [3.8, 4) is 11.4 Å². The molecule has 90 valence electrons. The molecular formula is C14H14N4. The Hall–Kier alpha value is -2.20. The van der Waals surface area contributed by atoms with E-state index in [2.05, 4.69) is 33.4 Å². The van der Waals surface area contributed by atoms with Crippen molar-refractivity contribution >= 4 is 10.8 Å². The first kappa shape index (κ1) is 10.9. The van der Waals surface area contributed by atoms with Gasteiger partial charge in [0.2, 0.25) is 0 Å². The van der Waals surface area contributed by atoms with Crippen LogP contribution in [-0.4, -0.2) is 21.7 Å². The third-order valence-corrected chi connectivity index (χ3v) is 2.94. The largest absolute Gasteiger partial charge is 0.330 e. The summed E-state index contributed by atoms with van der Waals surface area (Å²) in [5.74, 6) is 1.57. The van der Waals surface area contributed by atoms with Crippen molar-refractivity contribution in [2.45, 2.75) is 6.42 Å². The summed E-state index contributed by atoms with van der Waals surface area (Å²) in [6, 6.07) is 14.4. The first-order chi connectivity index (χ1) is 8.88. The third kappa shape index (κ3) is 1.87. The van der Waals surface area contributed by atoms with Gasteiger partial charge in [0.15, 0.2) is 5.82 Å². The highest BCUT2D eigenvalue weighted by Gasteiger charge is 2.08. The van der Waals surface area contributed by atoms with Crippen LogP contribution in [0.25, 0.3) is 22.2 Å². The molecule has 0 atom stereocenters. The van der Waals surface area contributed by atoms with Crippen LogP contribution < -0.4 is 5.73 Å². The van der Waals surface area contributed by atoms with Gasteiger partial charge in [-0.15, -0.1) is 0 Å². The Morgan fingerprint density at radius 1 is 1.06 bits per heavy atom. The molecular weight excluding hydrogens is 224 g/mol. The number of nitrogens with zero attached hydrogens (tertiary/aromatic N) is 2. The Morgan fingerprint density at radius 3 is 2.78 bits per heavy atom. The lowest BCUT2D eigenvalue weighted by atomic mass is 10.0. The van der Waals surface area contributed by atoms with Crippen molar-refractivity contribution in [2.75, 3.05) is 6.54 Å². The van der Waals surface area contributed by atoms with Crippen LogP contribution >= 0.6 is 0 Å². The van der Waals surface area contributed by atoms with Gasteiger partial charge in [-0.2, -0.15) is 5.10 Å². The van der Waals surface area contributed by atoms with Gasteiger partial charge in [0.05, 0.1) is 0 Å². The quantitative estimate of drug-likeness (QED) is 0.734. The first-order valence-electron chi connectivity index (χ1n) is 5.98. The molecule has 2 aromatic carbocycles. The van der Waals surface area contributed by atoms with Gasteiger partial charge in [0.25, 0.3) is 0 Å². The smallest absolute Gasteiger partial charge is 0.181 e. The second-order valence-corrected chi connectivity index (χ2v) is 4.17. The van der Waals surface area contributed by atoms with Crippen molar-refractivity contribution in [3.63, 3.8) is 0 Å². The fraction of sp³-hybridized carbons (Fsp3) is 0.143. The summed E-state index contributed by atoms with van der Waals surface area (Å²) in [4.78, 5) is 4.47. The van der Waals surface area contributed by atoms with Gasteiger partial charge in [-0.1, -0.05) is 42.5 Å². The maximum Gasteiger partial charge on any atom is 0.181 e. The van der Waals surface area contributed by atoms with Crippen molar-refractivity contribution in [3.05, 3.63) is 48.3 Å². The van der Waals surface area contributed by atoms with Crippen molar-refractivity contribution in [1.29, 1.82) is 0 Å². The molecule has 0 aliphatic carbocycles. The highest BCUT2D eigenvalue weighted by Crippen LogP contribution is 2.25. The number of aromatic amines is 1. The molecule has 3 aromatic rings. The Morgan fingerprint density at radius 2 is 1.89 bits per heavy atom. The summed E-state index contributed by atoms with van der Waals surface area (Å²) in [6.45, 7) is 0.574. The molecule has 0 fully saturated rings. The first-order valence-corrected chi connectivity index (χ1v) is 5.98. The average Bonchev–Trinajstić information content (AvgIpc) is 2.87. The standard InChI is InChI=1S/C14H14N4/c15-9-8-13-16-14(18-17-13)12-7-3-5-10-4-1-2-6-11(10)12/h1-7H,8-9,15H2,(H,16,17,18). The average molecular weight is 238 g/mol. The molecule has 4 heteroatoms. The number of H-pyrrole nitrogens is 1.